The molecule has 1 N–H and O–H groups in total. The number of carbonyl (C=O) groups excluding carboxylic acids is 1. The molecule has 0 bridgehead atoms. The summed E-state index contributed by atoms with van der Waals surface area (Å²) in [6.07, 6.45) is 0. The summed E-state index contributed by atoms with van der Waals surface area (Å²) in [4.78, 5) is 25.3. The maximum absolute atomic E-state index is 12.8. The number of anilines is 1. The van der Waals surface area contributed by atoms with E-state index in [2.05, 4.69) is 10.4 Å². The van der Waals surface area contributed by atoms with Gasteiger partial charge in [0.25, 0.3) is 5.56 Å². The van der Waals surface area contributed by atoms with Crippen LogP contribution >= 0.6 is 0 Å². The predicted molar refractivity (Wildman–Crippen MR) is 109 cm³/mol. The van der Waals surface area contributed by atoms with E-state index in [-0.39, 0.29) is 23.9 Å². The van der Waals surface area contributed by atoms with Crippen molar-refractivity contribution in [3.8, 4) is 5.69 Å². The summed E-state index contributed by atoms with van der Waals surface area (Å²) >= 11 is 0. The first-order valence-electron chi connectivity index (χ1n) is 9.20. The molecule has 0 aliphatic heterocycles. The molecule has 1 aromatic heterocycles. The third-order valence-corrected chi connectivity index (χ3v) is 4.42. The van der Waals surface area contributed by atoms with Crippen molar-refractivity contribution in [3.63, 3.8) is 0 Å². The smallest absolute Gasteiger partial charge is 0.360 e. The van der Waals surface area contributed by atoms with Crippen molar-refractivity contribution in [2.45, 2.75) is 26.8 Å². The van der Waals surface area contributed by atoms with Crippen LogP contribution in [0.1, 0.15) is 41.5 Å². The molecule has 2 aromatic carbocycles. The van der Waals surface area contributed by atoms with Crippen LogP contribution < -0.4 is 10.9 Å². The molecule has 0 radical (unpaired) electrons. The molecule has 3 rings (SSSR count). The van der Waals surface area contributed by atoms with E-state index < -0.39 is 5.97 Å². The van der Waals surface area contributed by atoms with Gasteiger partial charge in [-0.1, -0.05) is 48.5 Å². The molecular formula is C22H23N3O3. The van der Waals surface area contributed by atoms with Crippen molar-refractivity contribution in [3.05, 3.63) is 87.8 Å². The summed E-state index contributed by atoms with van der Waals surface area (Å²) < 4.78 is 6.40. The van der Waals surface area contributed by atoms with Gasteiger partial charge in [0.2, 0.25) is 0 Å². The third-order valence-electron chi connectivity index (χ3n) is 4.42. The molecule has 0 unspecified atom stereocenters. The van der Waals surface area contributed by atoms with Crippen LogP contribution in [0.4, 0.5) is 5.69 Å². The number of rotatable bonds is 6. The zero-order chi connectivity index (χ0) is 20.1. The van der Waals surface area contributed by atoms with Crippen molar-refractivity contribution in [2.24, 2.45) is 0 Å². The molecule has 0 saturated carbocycles. The Morgan fingerprint density at radius 2 is 1.82 bits per heavy atom. The second kappa shape index (κ2) is 8.52. The largest absolute Gasteiger partial charge is 0.461 e. The summed E-state index contributed by atoms with van der Waals surface area (Å²) in [5.41, 5.74) is 2.63. The minimum Gasteiger partial charge on any atom is -0.461 e. The zero-order valence-corrected chi connectivity index (χ0v) is 16.2. The van der Waals surface area contributed by atoms with Crippen LogP contribution in [0.5, 0.6) is 0 Å². The van der Waals surface area contributed by atoms with Crippen molar-refractivity contribution < 1.29 is 9.53 Å². The van der Waals surface area contributed by atoms with Gasteiger partial charge in [0.15, 0.2) is 5.69 Å². The number of nitrogens with zero attached hydrogens (tertiary/aromatic N) is 2. The Bertz CT molecular complexity index is 1030. The lowest BCUT2D eigenvalue weighted by Gasteiger charge is -2.18. The van der Waals surface area contributed by atoms with Gasteiger partial charge in [0.05, 0.1) is 18.0 Å². The Kier molecular flexibility index (Phi) is 5.89. The highest BCUT2D eigenvalue weighted by molar-refractivity contribution is 5.93. The van der Waals surface area contributed by atoms with Gasteiger partial charge in [-0.3, -0.25) is 4.79 Å². The fraction of sp³-hybridized carbons (Fsp3) is 0.227. The minimum atomic E-state index is -0.576. The third kappa shape index (κ3) is 4.11. The highest BCUT2D eigenvalue weighted by Gasteiger charge is 2.20. The van der Waals surface area contributed by atoms with Gasteiger partial charge < -0.3 is 10.1 Å². The minimum absolute atomic E-state index is 0.0764. The molecule has 0 aliphatic rings. The van der Waals surface area contributed by atoms with Crippen LogP contribution in [0.3, 0.4) is 0 Å². The highest BCUT2D eigenvalue weighted by Crippen LogP contribution is 2.21. The number of ether oxygens (including phenoxy) is 1. The summed E-state index contributed by atoms with van der Waals surface area (Å²) in [5, 5.41) is 7.56. The Labute approximate surface area is 163 Å². The van der Waals surface area contributed by atoms with Gasteiger partial charge in [-0.25, -0.2) is 4.79 Å². The van der Waals surface area contributed by atoms with E-state index in [1.807, 2.05) is 62.4 Å². The number of hydrogen-bond donors (Lipinski definition) is 1. The van der Waals surface area contributed by atoms with Crippen molar-refractivity contribution >= 4 is 11.7 Å². The van der Waals surface area contributed by atoms with Gasteiger partial charge in [-0.05, 0) is 38.0 Å². The Balaban J connectivity index is 2.07. The van der Waals surface area contributed by atoms with Gasteiger partial charge in [-0.15, -0.1) is 0 Å². The van der Waals surface area contributed by atoms with Crippen molar-refractivity contribution in [1.82, 2.24) is 9.78 Å². The lowest BCUT2D eigenvalue weighted by Crippen LogP contribution is -2.27. The molecule has 0 fully saturated rings. The average Bonchev–Trinajstić information content (AvgIpc) is 2.69. The lowest BCUT2D eigenvalue weighted by molar-refractivity contribution is 0.0518. The first-order valence-corrected chi connectivity index (χ1v) is 9.20. The molecule has 0 spiro atoms. The van der Waals surface area contributed by atoms with Gasteiger partial charge in [0.1, 0.15) is 0 Å². The number of aryl methyl sites for hydroxylation is 1. The first kappa shape index (κ1) is 19.4. The van der Waals surface area contributed by atoms with E-state index >= 15 is 0 Å². The number of hydrogen-bond acceptors (Lipinski definition) is 5. The maximum atomic E-state index is 12.8. The van der Waals surface area contributed by atoms with Crippen LogP contribution in [0.25, 0.3) is 5.69 Å². The Morgan fingerprint density at radius 1 is 1.14 bits per heavy atom. The summed E-state index contributed by atoms with van der Waals surface area (Å²) in [6, 6.07) is 18.4. The van der Waals surface area contributed by atoms with Crippen LogP contribution in [-0.4, -0.2) is 22.4 Å². The topological polar surface area (TPSA) is 73.2 Å². The number of para-hydroxylation sites is 1. The molecule has 0 saturated heterocycles. The molecule has 1 heterocycles. The number of carbonyl (C=O) groups is 1. The molecular weight excluding hydrogens is 354 g/mol. The van der Waals surface area contributed by atoms with E-state index in [0.29, 0.717) is 11.4 Å². The maximum Gasteiger partial charge on any atom is 0.360 e. The number of esters is 1. The summed E-state index contributed by atoms with van der Waals surface area (Å²) in [7, 11) is 0. The monoisotopic (exact) mass is 377 g/mol. The van der Waals surface area contributed by atoms with E-state index in [0.717, 1.165) is 11.1 Å². The molecule has 6 nitrogen and oxygen atoms in total. The van der Waals surface area contributed by atoms with E-state index in [9.17, 15) is 9.59 Å². The molecule has 1 atom stereocenters. The molecule has 144 valence electrons. The fourth-order valence-corrected chi connectivity index (χ4v) is 2.95. The average molecular weight is 377 g/mol. The Morgan fingerprint density at radius 3 is 2.50 bits per heavy atom. The molecule has 6 heteroatoms. The van der Waals surface area contributed by atoms with Crippen LogP contribution in [0, 0.1) is 6.92 Å². The molecule has 0 amide bonds. The number of nitrogens with one attached hydrogen (secondary N) is 1. The summed E-state index contributed by atoms with van der Waals surface area (Å²) in [5.74, 6) is -0.576. The normalized spacial score (nSPS) is 11.7. The van der Waals surface area contributed by atoms with E-state index in [4.69, 9.17) is 4.74 Å². The lowest BCUT2D eigenvalue weighted by atomic mass is 10.1. The predicted octanol–water partition coefficient (Wildman–Crippen LogP) is 3.89. The summed E-state index contributed by atoms with van der Waals surface area (Å²) in [6.45, 7) is 5.79. The number of benzene rings is 2. The van der Waals surface area contributed by atoms with Crippen LogP contribution in [-0.2, 0) is 4.74 Å². The second-order valence-corrected chi connectivity index (χ2v) is 6.44. The zero-order valence-electron chi connectivity index (χ0n) is 16.2. The first-order chi connectivity index (χ1) is 13.5. The molecule has 0 aliphatic carbocycles. The van der Waals surface area contributed by atoms with Gasteiger partial charge in [0, 0.05) is 12.1 Å². The molecule has 28 heavy (non-hydrogen) atoms. The van der Waals surface area contributed by atoms with E-state index in [1.54, 1.807) is 13.0 Å². The Hall–Kier alpha value is -3.41. The van der Waals surface area contributed by atoms with Gasteiger partial charge >= 0.3 is 5.97 Å². The van der Waals surface area contributed by atoms with E-state index in [1.165, 1.54) is 10.7 Å². The SMILES string of the molecule is CCOC(=O)c1nn(-c2ccccc2C)c(=O)cc1N[C@@H](C)c1ccccc1. The quantitative estimate of drug-likeness (QED) is 0.660. The second-order valence-electron chi connectivity index (χ2n) is 6.44. The fourth-order valence-electron chi connectivity index (χ4n) is 2.95. The van der Waals surface area contributed by atoms with Gasteiger partial charge in [-0.2, -0.15) is 9.78 Å². The standard InChI is InChI=1S/C22H23N3O3/c1-4-28-22(27)21-18(23-16(3)17-11-6-5-7-12-17)14-20(26)25(24-21)19-13-9-8-10-15(19)2/h5-14,16,23H,4H2,1-3H3/t16-/m0/s1. The highest BCUT2D eigenvalue weighted by atomic mass is 16.5. The van der Waals surface area contributed by atoms with Crippen molar-refractivity contribution in [2.75, 3.05) is 11.9 Å². The molecule has 3 aromatic rings. The van der Waals surface area contributed by atoms with Crippen LogP contribution in [0.15, 0.2) is 65.5 Å². The number of aromatic nitrogens is 2. The van der Waals surface area contributed by atoms with Crippen LogP contribution in [0.2, 0.25) is 0 Å². The van der Waals surface area contributed by atoms with Crippen molar-refractivity contribution in [1.29, 1.82) is 0 Å².